The van der Waals surface area contributed by atoms with Gasteiger partial charge in [-0.3, -0.25) is 4.79 Å². The van der Waals surface area contributed by atoms with E-state index in [1.807, 2.05) is 24.3 Å². The second kappa shape index (κ2) is 7.11. The van der Waals surface area contributed by atoms with E-state index in [2.05, 4.69) is 20.9 Å². The van der Waals surface area contributed by atoms with Gasteiger partial charge in [0.15, 0.2) is 0 Å². The van der Waals surface area contributed by atoms with Crippen LogP contribution in [0.2, 0.25) is 0 Å². The first-order chi connectivity index (χ1) is 12.0. The third-order valence-corrected chi connectivity index (χ3v) is 4.29. The molecule has 0 aliphatic carbocycles. The van der Waals surface area contributed by atoms with Crippen molar-refractivity contribution in [2.45, 2.75) is 6.92 Å². The van der Waals surface area contributed by atoms with Crippen molar-refractivity contribution < 1.29 is 14.3 Å². The van der Waals surface area contributed by atoms with Crippen LogP contribution in [0.4, 0.5) is 0 Å². The molecule has 5 nitrogen and oxygen atoms in total. The van der Waals surface area contributed by atoms with Gasteiger partial charge in [0.2, 0.25) is 5.43 Å². The predicted molar refractivity (Wildman–Crippen MR) is 100 cm³/mol. The number of halogens is 1. The van der Waals surface area contributed by atoms with E-state index in [4.69, 9.17) is 9.47 Å². The smallest absolute Gasteiger partial charge is 0.344 e. The third-order valence-electron chi connectivity index (χ3n) is 3.80. The Morgan fingerprint density at radius 1 is 1.20 bits per heavy atom. The fraction of sp³-hybridized carbons (Fsp3) is 0.158. The minimum atomic E-state index is -0.642. The number of hydrogen-bond donors (Lipinski definition) is 1. The standard InChI is InChI=1S/C19H16BrNO4/c1-3-25-19(23)16-17(11-5-4-6-12(20)9-11)21-15-10-13(24-2)7-8-14(15)18(16)22/h4-10H,3H2,1-2H3,(H,21,22). The number of ether oxygens (including phenoxy) is 2. The summed E-state index contributed by atoms with van der Waals surface area (Å²) in [7, 11) is 1.56. The molecule has 128 valence electrons. The van der Waals surface area contributed by atoms with E-state index in [0.29, 0.717) is 27.9 Å². The van der Waals surface area contributed by atoms with E-state index in [1.165, 1.54) is 0 Å². The van der Waals surface area contributed by atoms with Crippen molar-refractivity contribution in [1.29, 1.82) is 0 Å². The van der Waals surface area contributed by atoms with Gasteiger partial charge in [-0.15, -0.1) is 0 Å². The molecular weight excluding hydrogens is 386 g/mol. The zero-order valence-corrected chi connectivity index (χ0v) is 15.3. The largest absolute Gasteiger partial charge is 0.497 e. The van der Waals surface area contributed by atoms with Crippen LogP contribution in [0.5, 0.6) is 5.75 Å². The van der Waals surface area contributed by atoms with E-state index in [0.717, 1.165) is 4.47 Å². The van der Waals surface area contributed by atoms with Gasteiger partial charge in [0.05, 0.1) is 24.9 Å². The number of aromatic amines is 1. The lowest BCUT2D eigenvalue weighted by atomic mass is 10.0. The Morgan fingerprint density at radius 2 is 2.00 bits per heavy atom. The molecule has 6 heteroatoms. The summed E-state index contributed by atoms with van der Waals surface area (Å²) in [5.74, 6) is -0.0244. The Balaban J connectivity index is 2.36. The quantitative estimate of drug-likeness (QED) is 0.666. The Kier molecular flexibility index (Phi) is 4.90. The predicted octanol–water partition coefficient (Wildman–Crippen LogP) is 4.14. The van der Waals surface area contributed by atoms with Crippen molar-refractivity contribution in [2.24, 2.45) is 0 Å². The topological polar surface area (TPSA) is 68.4 Å². The molecular formula is C19H16BrNO4. The van der Waals surface area contributed by atoms with E-state index in [-0.39, 0.29) is 17.6 Å². The number of esters is 1. The number of fused-ring (bicyclic) bond motifs is 1. The van der Waals surface area contributed by atoms with Gasteiger partial charge in [0.1, 0.15) is 11.3 Å². The van der Waals surface area contributed by atoms with Gasteiger partial charge in [-0.25, -0.2) is 4.79 Å². The fourth-order valence-electron chi connectivity index (χ4n) is 2.66. The monoisotopic (exact) mass is 401 g/mol. The maximum atomic E-state index is 13.0. The number of benzene rings is 2. The van der Waals surface area contributed by atoms with Crippen LogP contribution in [0.3, 0.4) is 0 Å². The van der Waals surface area contributed by atoms with Crippen molar-refractivity contribution in [1.82, 2.24) is 4.98 Å². The van der Waals surface area contributed by atoms with Crippen LogP contribution in [0.15, 0.2) is 51.7 Å². The van der Waals surface area contributed by atoms with Crippen molar-refractivity contribution in [3.05, 3.63) is 62.7 Å². The lowest BCUT2D eigenvalue weighted by molar-refractivity contribution is 0.0525. The van der Waals surface area contributed by atoms with Crippen molar-refractivity contribution >= 4 is 32.8 Å². The van der Waals surface area contributed by atoms with Gasteiger partial charge in [-0.05, 0) is 31.2 Å². The van der Waals surface area contributed by atoms with Crippen molar-refractivity contribution in [2.75, 3.05) is 13.7 Å². The number of methoxy groups -OCH3 is 1. The molecule has 0 aliphatic heterocycles. The van der Waals surface area contributed by atoms with Gasteiger partial charge in [0.25, 0.3) is 0 Å². The number of H-pyrrole nitrogens is 1. The molecule has 3 rings (SSSR count). The van der Waals surface area contributed by atoms with Gasteiger partial charge >= 0.3 is 5.97 Å². The molecule has 0 aliphatic rings. The molecule has 0 atom stereocenters. The van der Waals surface area contributed by atoms with Gasteiger partial charge in [-0.1, -0.05) is 28.1 Å². The van der Waals surface area contributed by atoms with Gasteiger partial charge in [0, 0.05) is 21.5 Å². The molecule has 0 spiro atoms. The minimum absolute atomic E-state index is 0.00221. The molecule has 2 aromatic carbocycles. The zero-order valence-electron chi connectivity index (χ0n) is 13.8. The van der Waals surface area contributed by atoms with E-state index < -0.39 is 5.97 Å². The molecule has 3 aromatic rings. The van der Waals surface area contributed by atoms with Gasteiger partial charge in [-0.2, -0.15) is 0 Å². The van der Waals surface area contributed by atoms with Crippen LogP contribution in [-0.4, -0.2) is 24.7 Å². The van der Waals surface area contributed by atoms with E-state index in [9.17, 15) is 9.59 Å². The van der Waals surface area contributed by atoms with Crippen LogP contribution in [0, 0.1) is 0 Å². The molecule has 0 saturated carbocycles. The number of aromatic nitrogens is 1. The summed E-state index contributed by atoms with van der Waals surface area (Å²) >= 11 is 3.41. The van der Waals surface area contributed by atoms with Crippen LogP contribution in [-0.2, 0) is 4.74 Å². The molecule has 25 heavy (non-hydrogen) atoms. The van der Waals surface area contributed by atoms with E-state index in [1.54, 1.807) is 32.2 Å². The number of hydrogen-bond acceptors (Lipinski definition) is 4. The lowest BCUT2D eigenvalue weighted by Gasteiger charge is -2.12. The summed E-state index contributed by atoms with van der Waals surface area (Å²) in [6.45, 7) is 1.90. The maximum Gasteiger partial charge on any atom is 0.344 e. The van der Waals surface area contributed by atoms with Gasteiger partial charge < -0.3 is 14.5 Å². The first kappa shape index (κ1) is 17.2. The minimum Gasteiger partial charge on any atom is -0.497 e. The highest BCUT2D eigenvalue weighted by atomic mass is 79.9. The Labute approximate surface area is 152 Å². The number of nitrogens with one attached hydrogen (secondary N) is 1. The number of rotatable bonds is 4. The van der Waals surface area contributed by atoms with Crippen LogP contribution >= 0.6 is 15.9 Å². The van der Waals surface area contributed by atoms with Crippen LogP contribution < -0.4 is 10.2 Å². The SMILES string of the molecule is CCOC(=O)c1c(-c2cccc(Br)c2)[nH]c2cc(OC)ccc2c1=O. The van der Waals surface area contributed by atoms with Crippen LogP contribution in [0.25, 0.3) is 22.2 Å². The molecule has 1 aromatic heterocycles. The molecule has 1 N–H and O–H groups in total. The molecule has 0 unspecified atom stereocenters. The Bertz CT molecular complexity index is 1010. The number of pyridine rings is 1. The second-order valence-electron chi connectivity index (χ2n) is 5.35. The normalized spacial score (nSPS) is 10.7. The van der Waals surface area contributed by atoms with Crippen LogP contribution in [0.1, 0.15) is 17.3 Å². The first-order valence-electron chi connectivity index (χ1n) is 7.72. The highest BCUT2D eigenvalue weighted by Gasteiger charge is 2.21. The summed E-state index contributed by atoms with van der Waals surface area (Å²) in [6.07, 6.45) is 0. The summed E-state index contributed by atoms with van der Waals surface area (Å²) < 4.78 is 11.2. The fourth-order valence-corrected chi connectivity index (χ4v) is 3.05. The summed E-state index contributed by atoms with van der Waals surface area (Å²) in [5.41, 5.74) is 1.35. The summed E-state index contributed by atoms with van der Waals surface area (Å²) in [5, 5.41) is 0.405. The summed E-state index contributed by atoms with van der Waals surface area (Å²) in [6, 6.07) is 12.4. The summed E-state index contributed by atoms with van der Waals surface area (Å²) in [4.78, 5) is 28.6. The molecule has 0 saturated heterocycles. The lowest BCUT2D eigenvalue weighted by Crippen LogP contribution is -2.20. The number of carbonyl (C=O) groups excluding carboxylic acids is 1. The molecule has 0 bridgehead atoms. The molecule has 0 radical (unpaired) electrons. The van der Waals surface area contributed by atoms with Crippen molar-refractivity contribution in [3.8, 4) is 17.0 Å². The Hall–Kier alpha value is -2.60. The van der Waals surface area contributed by atoms with E-state index >= 15 is 0 Å². The average Bonchev–Trinajstić information content (AvgIpc) is 2.61. The molecule has 0 amide bonds. The van der Waals surface area contributed by atoms with Crippen molar-refractivity contribution in [3.63, 3.8) is 0 Å². The first-order valence-corrected chi connectivity index (χ1v) is 8.51. The second-order valence-corrected chi connectivity index (χ2v) is 6.26. The third kappa shape index (κ3) is 3.30. The highest BCUT2D eigenvalue weighted by Crippen LogP contribution is 2.27. The Morgan fingerprint density at radius 3 is 2.68 bits per heavy atom. The average molecular weight is 402 g/mol. The molecule has 1 heterocycles. The molecule has 0 fully saturated rings. The highest BCUT2D eigenvalue weighted by molar-refractivity contribution is 9.10. The zero-order chi connectivity index (χ0) is 18.0. The number of carbonyl (C=O) groups is 1. The maximum absolute atomic E-state index is 13.0.